The Morgan fingerprint density at radius 3 is 2.22 bits per heavy atom. The highest BCUT2D eigenvalue weighted by molar-refractivity contribution is 5.73. The van der Waals surface area contributed by atoms with Crippen LogP contribution in [0, 0.1) is 0 Å². The van der Waals surface area contributed by atoms with E-state index in [-0.39, 0.29) is 0 Å². The van der Waals surface area contributed by atoms with Crippen LogP contribution in [0.3, 0.4) is 0 Å². The summed E-state index contributed by atoms with van der Waals surface area (Å²) in [4.78, 5) is 11.6. The van der Waals surface area contributed by atoms with Gasteiger partial charge in [-0.25, -0.2) is 0 Å². The second-order valence-electron chi connectivity index (χ2n) is 6.87. The third-order valence-electron chi connectivity index (χ3n) is 5.00. The molecule has 4 unspecified atom stereocenters. The first kappa shape index (κ1) is 22.4. The van der Waals surface area contributed by atoms with Gasteiger partial charge in [0.15, 0.2) is 6.29 Å². The number of methoxy groups -OCH3 is 1. The zero-order chi connectivity index (χ0) is 20.3. The Balaban J connectivity index is 2.24. The normalized spacial score (nSPS) is 45.5. The molecule has 27 heavy (non-hydrogen) atoms. The molecule has 0 spiro atoms. The van der Waals surface area contributed by atoms with E-state index in [1.165, 1.54) is 14.0 Å². The number of hydrogen-bond acceptors (Lipinski definition) is 10. The lowest BCUT2D eigenvalue weighted by atomic mass is 9.93. The Bertz CT molecular complexity index is 495. The molecule has 0 saturated carbocycles. The number of amides is 1. The van der Waals surface area contributed by atoms with Crippen molar-refractivity contribution in [2.45, 2.75) is 74.9 Å². The number of nitrogens with two attached hydrogens (primary N) is 1. The molecule has 2 heterocycles. The van der Waals surface area contributed by atoms with Crippen LogP contribution >= 0.6 is 0 Å². The van der Waals surface area contributed by atoms with Gasteiger partial charge in [-0.3, -0.25) is 4.79 Å². The predicted octanol–water partition coefficient (Wildman–Crippen LogP) is -3.56. The van der Waals surface area contributed by atoms with Crippen LogP contribution in [0.15, 0.2) is 0 Å². The molecule has 1 amide bonds. The predicted molar refractivity (Wildman–Crippen MR) is 90.4 cm³/mol. The van der Waals surface area contributed by atoms with Crippen LogP contribution in [-0.2, 0) is 23.7 Å². The van der Waals surface area contributed by atoms with Crippen LogP contribution in [-0.4, -0.2) is 108 Å². The average Bonchev–Trinajstić information content (AvgIpc) is 2.63. The second kappa shape index (κ2) is 9.54. The van der Waals surface area contributed by atoms with Crippen LogP contribution in [0.1, 0.15) is 13.8 Å². The van der Waals surface area contributed by atoms with E-state index in [2.05, 4.69) is 5.32 Å². The molecule has 0 aromatic carbocycles. The molecular weight excluding hydrogens is 364 g/mol. The Morgan fingerprint density at radius 1 is 1.11 bits per heavy atom. The molecule has 2 aliphatic heterocycles. The van der Waals surface area contributed by atoms with Gasteiger partial charge in [0, 0.05) is 14.0 Å². The second-order valence-corrected chi connectivity index (χ2v) is 6.87. The molecule has 0 aliphatic carbocycles. The Morgan fingerprint density at radius 2 is 1.70 bits per heavy atom. The summed E-state index contributed by atoms with van der Waals surface area (Å²) in [5, 5.41) is 42.7. The zero-order valence-corrected chi connectivity index (χ0v) is 15.6. The quantitative estimate of drug-likeness (QED) is 0.265. The van der Waals surface area contributed by atoms with Crippen molar-refractivity contribution in [3.63, 3.8) is 0 Å². The molecule has 158 valence electrons. The maximum atomic E-state index is 11.6. The first-order chi connectivity index (χ1) is 12.7. The van der Waals surface area contributed by atoms with Crippen LogP contribution in [0.25, 0.3) is 0 Å². The van der Waals surface area contributed by atoms with Gasteiger partial charge in [0.2, 0.25) is 5.91 Å². The summed E-state index contributed by atoms with van der Waals surface area (Å²) in [7, 11) is 1.34. The Hall–Kier alpha value is -0.890. The van der Waals surface area contributed by atoms with Gasteiger partial charge in [0.25, 0.3) is 0 Å². The van der Waals surface area contributed by atoms with Gasteiger partial charge in [-0.2, -0.15) is 0 Å². The number of carbonyl (C=O) groups is 1. The van der Waals surface area contributed by atoms with Crippen molar-refractivity contribution in [3.8, 4) is 0 Å². The van der Waals surface area contributed by atoms with Gasteiger partial charge in [-0.1, -0.05) is 0 Å². The van der Waals surface area contributed by atoms with E-state index in [9.17, 15) is 25.2 Å². The minimum Gasteiger partial charge on any atom is -0.394 e. The van der Waals surface area contributed by atoms with E-state index in [4.69, 9.17) is 24.7 Å². The maximum Gasteiger partial charge on any atom is 0.217 e. The smallest absolute Gasteiger partial charge is 0.217 e. The van der Waals surface area contributed by atoms with Crippen molar-refractivity contribution in [2.24, 2.45) is 5.73 Å². The van der Waals surface area contributed by atoms with E-state index < -0.39 is 80.2 Å². The highest BCUT2D eigenvalue weighted by Gasteiger charge is 2.50. The molecule has 7 N–H and O–H groups in total. The van der Waals surface area contributed by atoms with Crippen molar-refractivity contribution in [1.82, 2.24) is 5.32 Å². The van der Waals surface area contributed by atoms with E-state index in [0.717, 1.165) is 0 Å². The monoisotopic (exact) mass is 394 g/mol. The minimum absolute atomic E-state index is 0.441. The zero-order valence-electron chi connectivity index (χ0n) is 15.6. The van der Waals surface area contributed by atoms with Gasteiger partial charge in [-0.15, -0.1) is 0 Å². The summed E-state index contributed by atoms with van der Waals surface area (Å²) >= 11 is 0. The van der Waals surface area contributed by atoms with Crippen molar-refractivity contribution in [3.05, 3.63) is 0 Å². The Labute approximate surface area is 157 Å². The molecule has 2 aliphatic rings. The number of aliphatic hydroxyl groups is 4. The van der Waals surface area contributed by atoms with Crippen LogP contribution in [0.2, 0.25) is 0 Å². The Kier molecular flexibility index (Phi) is 7.92. The van der Waals surface area contributed by atoms with E-state index in [1.54, 1.807) is 6.92 Å². The molecule has 10 atom stereocenters. The third kappa shape index (κ3) is 4.75. The highest BCUT2D eigenvalue weighted by atomic mass is 16.7. The van der Waals surface area contributed by atoms with Crippen molar-refractivity contribution in [2.75, 3.05) is 20.3 Å². The molecular formula is C16H30N2O9. The fraction of sp³-hybridized carbons (Fsp3) is 0.938. The van der Waals surface area contributed by atoms with Crippen LogP contribution in [0.4, 0.5) is 0 Å². The number of aliphatic hydroxyl groups excluding tert-OH is 4. The summed E-state index contributed by atoms with van der Waals surface area (Å²) in [6, 6.07) is -1.82. The number of ether oxygens (including phenoxy) is 4. The van der Waals surface area contributed by atoms with E-state index in [0.29, 0.717) is 0 Å². The molecule has 0 aromatic heterocycles. The first-order valence-electron chi connectivity index (χ1n) is 8.84. The van der Waals surface area contributed by atoms with Crippen molar-refractivity contribution in [1.29, 1.82) is 0 Å². The molecule has 2 saturated heterocycles. The minimum atomic E-state index is -1.25. The summed E-state index contributed by atoms with van der Waals surface area (Å²) < 4.78 is 22.2. The van der Waals surface area contributed by atoms with E-state index in [1.807, 2.05) is 0 Å². The van der Waals surface area contributed by atoms with Crippen molar-refractivity contribution < 1.29 is 44.2 Å². The summed E-state index contributed by atoms with van der Waals surface area (Å²) in [5.74, 6) is -0.446. The van der Waals surface area contributed by atoms with Gasteiger partial charge in [-0.05, 0) is 6.92 Å². The van der Waals surface area contributed by atoms with Crippen LogP contribution < -0.4 is 11.1 Å². The lowest BCUT2D eigenvalue weighted by Crippen LogP contribution is -2.68. The van der Waals surface area contributed by atoms with Gasteiger partial charge in [0.1, 0.15) is 42.7 Å². The fourth-order valence-corrected chi connectivity index (χ4v) is 3.49. The summed E-state index contributed by atoms with van der Waals surface area (Å²) in [6.07, 6.45) is -7.99. The highest BCUT2D eigenvalue weighted by Crippen LogP contribution is 2.29. The number of nitrogens with one attached hydrogen (secondary N) is 1. The maximum absolute atomic E-state index is 11.6. The SMILES string of the molecule is CO[C@@H]1C(CO)O[C@@H](O[C@H]2C(O)C(N)[C@H](C)O[C@H]2CO)C(NC(C)=O)[C@H]1O. The topological polar surface area (TPSA) is 173 Å². The van der Waals surface area contributed by atoms with E-state index >= 15 is 0 Å². The van der Waals surface area contributed by atoms with Crippen LogP contribution in [0.5, 0.6) is 0 Å². The first-order valence-corrected chi connectivity index (χ1v) is 8.84. The fourth-order valence-electron chi connectivity index (χ4n) is 3.49. The molecule has 11 nitrogen and oxygen atoms in total. The van der Waals surface area contributed by atoms with Gasteiger partial charge < -0.3 is 50.4 Å². The largest absolute Gasteiger partial charge is 0.394 e. The van der Waals surface area contributed by atoms with Gasteiger partial charge >= 0.3 is 0 Å². The molecule has 0 bridgehead atoms. The summed E-state index contributed by atoms with van der Waals surface area (Å²) in [6.45, 7) is 2.02. The van der Waals surface area contributed by atoms with Crippen molar-refractivity contribution >= 4 is 5.91 Å². The van der Waals surface area contributed by atoms with Gasteiger partial charge in [0.05, 0.1) is 25.4 Å². The number of carbonyl (C=O) groups excluding carboxylic acids is 1. The summed E-state index contributed by atoms with van der Waals surface area (Å²) in [5.41, 5.74) is 5.92. The standard InChI is InChI=1S/C16H30N2O9/c1-6-10(17)12(22)15(9(5-20)25-6)27-16-11(18-7(2)21)13(23)14(24-3)8(4-19)26-16/h6,8-16,19-20,22-23H,4-5,17H2,1-3H3,(H,18,21)/t6-,8?,9-,10?,11?,12?,13+,14+,15+,16-/m0/s1. The number of rotatable bonds is 6. The lowest BCUT2D eigenvalue weighted by Gasteiger charge is -2.47. The molecule has 0 radical (unpaired) electrons. The molecule has 0 aromatic rings. The molecule has 2 fully saturated rings. The lowest BCUT2D eigenvalue weighted by molar-refractivity contribution is -0.314. The number of hydrogen-bond donors (Lipinski definition) is 6. The molecule has 11 heteroatoms. The molecule has 2 rings (SSSR count). The average molecular weight is 394 g/mol. The third-order valence-corrected chi connectivity index (χ3v) is 5.00.